The molecule has 1 amide bonds. The number of carbonyl (C=O) groups excluding carboxylic acids is 1. The number of nitrogens with zero attached hydrogens (tertiary/aromatic N) is 4. The number of pyridine rings is 1. The number of ether oxygens (including phenoxy) is 2. The minimum absolute atomic E-state index is 0.180. The Morgan fingerprint density at radius 2 is 1.97 bits per heavy atom. The van der Waals surface area contributed by atoms with Gasteiger partial charge in [0.25, 0.3) is 0 Å². The van der Waals surface area contributed by atoms with Crippen molar-refractivity contribution in [3.8, 4) is 5.75 Å². The topological polar surface area (TPSA) is 58.1 Å². The Labute approximate surface area is 178 Å². The van der Waals surface area contributed by atoms with E-state index in [1.54, 1.807) is 7.11 Å². The first-order chi connectivity index (χ1) is 14.7. The molecule has 30 heavy (non-hydrogen) atoms. The summed E-state index contributed by atoms with van der Waals surface area (Å²) in [5.74, 6) is 0.824. The van der Waals surface area contributed by atoms with Crippen molar-refractivity contribution in [3.05, 3.63) is 36.0 Å². The average Bonchev–Trinajstić information content (AvgIpc) is 2.79. The van der Waals surface area contributed by atoms with Crippen molar-refractivity contribution < 1.29 is 14.3 Å². The van der Waals surface area contributed by atoms with E-state index < -0.39 is 0 Å². The summed E-state index contributed by atoms with van der Waals surface area (Å²) in [5.41, 5.74) is 2.01. The van der Waals surface area contributed by atoms with Gasteiger partial charge in [0.05, 0.1) is 19.4 Å². The van der Waals surface area contributed by atoms with Crippen LogP contribution in [-0.4, -0.2) is 84.8 Å². The summed E-state index contributed by atoms with van der Waals surface area (Å²) in [5, 5.41) is 1.11. The molecule has 2 aromatic rings. The highest BCUT2D eigenvalue weighted by atomic mass is 16.6. The lowest BCUT2D eigenvalue weighted by Crippen LogP contribution is -2.55. The van der Waals surface area contributed by atoms with E-state index in [0.717, 1.165) is 68.2 Å². The molecular formula is C23H32N4O3. The summed E-state index contributed by atoms with van der Waals surface area (Å²) in [6.45, 7) is 8.63. The maximum Gasteiger partial charge on any atom is 0.409 e. The summed E-state index contributed by atoms with van der Waals surface area (Å²) >= 11 is 0. The fraction of sp³-hybridized carbons (Fsp3) is 0.565. The summed E-state index contributed by atoms with van der Waals surface area (Å²) in [7, 11) is 1.69. The van der Waals surface area contributed by atoms with E-state index in [2.05, 4.69) is 28.0 Å². The van der Waals surface area contributed by atoms with Crippen LogP contribution in [0.25, 0.3) is 10.9 Å². The van der Waals surface area contributed by atoms with E-state index in [1.807, 2.05) is 24.0 Å². The molecule has 1 aromatic carbocycles. The lowest BCUT2D eigenvalue weighted by molar-refractivity contribution is 0.0410. The van der Waals surface area contributed by atoms with Gasteiger partial charge in [-0.1, -0.05) is 18.2 Å². The van der Waals surface area contributed by atoms with Gasteiger partial charge < -0.3 is 14.4 Å². The van der Waals surface area contributed by atoms with Gasteiger partial charge in [-0.15, -0.1) is 0 Å². The third-order valence-corrected chi connectivity index (χ3v) is 6.18. The van der Waals surface area contributed by atoms with Gasteiger partial charge in [0.15, 0.2) is 0 Å². The number of aromatic nitrogens is 1. The van der Waals surface area contributed by atoms with Crippen LogP contribution < -0.4 is 4.74 Å². The van der Waals surface area contributed by atoms with Gasteiger partial charge in [0.2, 0.25) is 0 Å². The standard InChI is InChI=1S/C23H32N4O3/c1-3-30-23(28)27-14-12-26(13-15-27)20-7-5-11-25(17-20)16-19-10-9-18-6-4-8-21(29-2)22(18)24-19/h4,6,8-10,20H,3,5,7,11-17H2,1-2H3. The zero-order valence-electron chi connectivity index (χ0n) is 18.0. The predicted octanol–water partition coefficient (Wildman–Crippen LogP) is 2.98. The van der Waals surface area contributed by atoms with Gasteiger partial charge in [0.1, 0.15) is 11.3 Å². The SMILES string of the molecule is CCOC(=O)N1CCN(C2CCCN(Cc3ccc4cccc(OC)c4n3)C2)CC1. The Hall–Kier alpha value is -2.38. The summed E-state index contributed by atoms with van der Waals surface area (Å²) in [6.07, 6.45) is 2.23. The fourth-order valence-electron chi connectivity index (χ4n) is 4.60. The molecule has 0 radical (unpaired) electrons. The minimum Gasteiger partial charge on any atom is -0.494 e. The second-order valence-electron chi connectivity index (χ2n) is 8.09. The number of carbonyl (C=O) groups is 1. The number of hydrogen-bond donors (Lipinski definition) is 0. The molecule has 2 aliphatic rings. The molecule has 162 valence electrons. The molecule has 0 spiro atoms. The van der Waals surface area contributed by atoms with Crippen LogP contribution in [0.15, 0.2) is 30.3 Å². The van der Waals surface area contributed by atoms with Crippen molar-refractivity contribution >= 4 is 17.0 Å². The Morgan fingerprint density at radius 1 is 1.13 bits per heavy atom. The van der Waals surface area contributed by atoms with Gasteiger partial charge in [-0.3, -0.25) is 9.80 Å². The predicted molar refractivity (Wildman–Crippen MR) is 117 cm³/mol. The Kier molecular flexibility index (Phi) is 6.69. The van der Waals surface area contributed by atoms with Crippen molar-refractivity contribution in [2.75, 3.05) is 53.0 Å². The van der Waals surface area contributed by atoms with E-state index >= 15 is 0 Å². The quantitative estimate of drug-likeness (QED) is 0.753. The van der Waals surface area contributed by atoms with Crippen molar-refractivity contribution in [1.82, 2.24) is 19.7 Å². The van der Waals surface area contributed by atoms with Crippen LogP contribution in [0.2, 0.25) is 0 Å². The molecule has 7 heteroatoms. The molecule has 0 N–H and O–H groups in total. The second-order valence-corrected chi connectivity index (χ2v) is 8.09. The molecule has 2 aliphatic heterocycles. The highest BCUT2D eigenvalue weighted by Crippen LogP contribution is 2.25. The molecule has 7 nitrogen and oxygen atoms in total. The van der Waals surface area contributed by atoms with Crippen molar-refractivity contribution in [1.29, 1.82) is 0 Å². The van der Waals surface area contributed by atoms with E-state index in [-0.39, 0.29) is 6.09 Å². The van der Waals surface area contributed by atoms with Gasteiger partial charge in [0, 0.05) is 50.7 Å². The Balaban J connectivity index is 1.36. The van der Waals surface area contributed by atoms with E-state index in [0.29, 0.717) is 12.6 Å². The molecule has 0 bridgehead atoms. The zero-order chi connectivity index (χ0) is 20.9. The van der Waals surface area contributed by atoms with E-state index in [9.17, 15) is 4.79 Å². The average molecular weight is 413 g/mol. The van der Waals surface area contributed by atoms with Crippen LogP contribution in [0.1, 0.15) is 25.5 Å². The number of fused-ring (bicyclic) bond motifs is 1. The monoisotopic (exact) mass is 412 g/mol. The number of rotatable bonds is 5. The number of hydrogen-bond acceptors (Lipinski definition) is 6. The van der Waals surface area contributed by atoms with Crippen molar-refractivity contribution in [2.24, 2.45) is 0 Å². The fourth-order valence-corrected chi connectivity index (χ4v) is 4.60. The van der Waals surface area contributed by atoms with Crippen LogP contribution in [0, 0.1) is 0 Å². The highest BCUT2D eigenvalue weighted by Gasteiger charge is 2.29. The Bertz CT molecular complexity index is 867. The maximum absolute atomic E-state index is 11.9. The minimum atomic E-state index is -0.180. The third-order valence-electron chi connectivity index (χ3n) is 6.18. The number of piperidine rings is 1. The summed E-state index contributed by atoms with van der Waals surface area (Å²) in [6, 6.07) is 10.8. The first kappa shape index (κ1) is 20.9. The van der Waals surface area contributed by atoms with Crippen molar-refractivity contribution in [3.63, 3.8) is 0 Å². The van der Waals surface area contributed by atoms with Gasteiger partial charge in [-0.2, -0.15) is 0 Å². The molecule has 0 aliphatic carbocycles. The first-order valence-electron chi connectivity index (χ1n) is 11.0. The molecule has 3 heterocycles. The number of benzene rings is 1. The third kappa shape index (κ3) is 4.68. The van der Waals surface area contributed by atoms with Crippen LogP contribution in [0.4, 0.5) is 4.79 Å². The number of likely N-dealkylation sites (tertiary alicyclic amines) is 1. The number of piperazine rings is 1. The lowest BCUT2D eigenvalue weighted by Gasteiger charge is -2.43. The maximum atomic E-state index is 11.9. The smallest absolute Gasteiger partial charge is 0.409 e. The van der Waals surface area contributed by atoms with Gasteiger partial charge in [-0.25, -0.2) is 9.78 Å². The molecule has 4 rings (SSSR count). The molecule has 2 saturated heterocycles. The first-order valence-corrected chi connectivity index (χ1v) is 11.0. The molecule has 1 unspecified atom stereocenters. The summed E-state index contributed by atoms with van der Waals surface area (Å²) < 4.78 is 10.6. The van der Waals surface area contributed by atoms with Gasteiger partial charge in [-0.05, 0) is 38.4 Å². The largest absolute Gasteiger partial charge is 0.494 e. The zero-order valence-corrected chi connectivity index (χ0v) is 18.0. The van der Waals surface area contributed by atoms with E-state index in [4.69, 9.17) is 14.5 Å². The lowest BCUT2D eigenvalue weighted by atomic mass is 10.0. The highest BCUT2D eigenvalue weighted by molar-refractivity contribution is 5.84. The van der Waals surface area contributed by atoms with Crippen LogP contribution in [-0.2, 0) is 11.3 Å². The number of methoxy groups -OCH3 is 1. The van der Waals surface area contributed by atoms with Crippen LogP contribution in [0.5, 0.6) is 5.75 Å². The second kappa shape index (κ2) is 9.62. The normalized spacial score (nSPS) is 21.0. The molecule has 1 atom stereocenters. The Morgan fingerprint density at radius 3 is 2.73 bits per heavy atom. The van der Waals surface area contributed by atoms with Gasteiger partial charge >= 0.3 is 6.09 Å². The van der Waals surface area contributed by atoms with Crippen LogP contribution >= 0.6 is 0 Å². The molecule has 0 saturated carbocycles. The van der Waals surface area contributed by atoms with Crippen LogP contribution in [0.3, 0.4) is 0 Å². The summed E-state index contributed by atoms with van der Waals surface area (Å²) in [4.78, 5) is 23.7. The van der Waals surface area contributed by atoms with E-state index in [1.165, 1.54) is 12.8 Å². The molecule has 1 aromatic heterocycles. The number of amides is 1. The number of para-hydroxylation sites is 1. The van der Waals surface area contributed by atoms with Crippen molar-refractivity contribution in [2.45, 2.75) is 32.4 Å². The molecule has 2 fully saturated rings. The molecular weight excluding hydrogens is 380 g/mol.